The van der Waals surface area contributed by atoms with Crippen molar-refractivity contribution in [3.63, 3.8) is 0 Å². The van der Waals surface area contributed by atoms with E-state index < -0.39 is 0 Å². The molecule has 0 radical (unpaired) electrons. The zero-order chi connectivity index (χ0) is 9.71. The zero-order valence-electron chi connectivity index (χ0n) is 8.00. The Morgan fingerprint density at radius 3 is 2.93 bits per heavy atom. The minimum absolute atomic E-state index is 0.156. The SMILES string of the molecule is CNC(=O)Nc1ccc2c(c1)C1CC21. The smallest absolute Gasteiger partial charge is 0.318 e. The van der Waals surface area contributed by atoms with E-state index in [2.05, 4.69) is 22.8 Å². The van der Waals surface area contributed by atoms with E-state index in [9.17, 15) is 4.79 Å². The summed E-state index contributed by atoms with van der Waals surface area (Å²) >= 11 is 0. The number of nitrogens with one attached hydrogen (secondary N) is 2. The Balaban J connectivity index is 1.84. The maximum Gasteiger partial charge on any atom is 0.318 e. The van der Waals surface area contributed by atoms with E-state index in [4.69, 9.17) is 0 Å². The summed E-state index contributed by atoms with van der Waals surface area (Å²) in [6, 6.07) is 6.05. The number of amides is 2. The van der Waals surface area contributed by atoms with Gasteiger partial charge >= 0.3 is 6.03 Å². The van der Waals surface area contributed by atoms with Crippen molar-refractivity contribution >= 4 is 11.7 Å². The molecule has 0 aromatic heterocycles. The van der Waals surface area contributed by atoms with Gasteiger partial charge in [-0.15, -0.1) is 0 Å². The highest BCUT2D eigenvalue weighted by Gasteiger charge is 2.50. The number of rotatable bonds is 1. The Morgan fingerprint density at radius 1 is 1.36 bits per heavy atom. The van der Waals surface area contributed by atoms with Crippen LogP contribution in [-0.2, 0) is 0 Å². The fourth-order valence-electron chi connectivity index (χ4n) is 2.29. The molecule has 3 rings (SSSR count). The van der Waals surface area contributed by atoms with Gasteiger partial charge in [0.05, 0.1) is 0 Å². The van der Waals surface area contributed by atoms with Crippen molar-refractivity contribution in [3.05, 3.63) is 29.3 Å². The van der Waals surface area contributed by atoms with E-state index in [1.165, 1.54) is 17.5 Å². The second-order valence-corrected chi connectivity index (χ2v) is 4.00. The first-order chi connectivity index (χ1) is 6.79. The lowest BCUT2D eigenvalue weighted by Crippen LogP contribution is -2.24. The fourth-order valence-corrected chi connectivity index (χ4v) is 2.29. The Labute approximate surface area is 82.5 Å². The van der Waals surface area contributed by atoms with Gasteiger partial charge in [-0.3, -0.25) is 0 Å². The average Bonchev–Trinajstić information content (AvgIpc) is 2.90. The van der Waals surface area contributed by atoms with E-state index in [1.807, 2.05) is 6.07 Å². The zero-order valence-corrected chi connectivity index (χ0v) is 8.00. The highest BCUT2D eigenvalue weighted by Crippen LogP contribution is 2.65. The van der Waals surface area contributed by atoms with Gasteiger partial charge in [-0.25, -0.2) is 4.79 Å². The number of carbonyl (C=O) groups is 1. The first kappa shape index (κ1) is 7.85. The van der Waals surface area contributed by atoms with Gasteiger partial charge in [-0.2, -0.15) is 0 Å². The number of urea groups is 1. The number of carbonyl (C=O) groups excluding carboxylic acids is 1. The van der Waals surface area contributed by atoms with Gasteiger partial charge in [0.2, 0.25) is 0 Å². The van der Waals surface area contributed by atoms with Crippen LogP contribution in [0.2, 0.25) is 0 Å². The van der Waals surface area contributed by atoms with Crippen LogP contribution >= 0.6 is 0 Å². The quantitative estimate of drug-likeness (QED) is 0.695. The van der Waals surface area contributed by atoms with Crippen molar-refractivity contribution in [2.75, 3.05) is 12.4 Å². The molecule has 0 bridgehead atoms. The lowest BCUT2D eigenvalue weighted by Gasteiger charge is -2.18. The van der Waals surface area contributed by atoms with Crippen LogP contribution in [-0.4, -0.2) is 13.1 Å². The van der Waals surface area contributed by atoms with Crippen molar-refractivity contribution < 1.29 is 4.79 Å². The second-order valence-electron chi connectivity index (χ2n) is 4.00. The summed E-state index contributed by atoms with van der Waals surface area (Å²) < 4.78 is 0. The molecule has 0 heterocycles. The van der Waals surface area contributed by atoms with Gasteiger partial charge in [0.25, 0.3) is 0 Å². The summed E-state index contributed by atoms with van der Waals surface area (Å²) in [5.41, 5.74) is 3.81. The molecule has 3 heteroatoms. The lowest BCUT2D eigenvalue weighted by atomic mass is 9.88. The molecule has 1 aromatic carbocycles. The number of hydrogen-bond donors (Lipinski definition) is 2. The molecule has 0 saturated heterocycles. The first-order valence-electron chi connectivity index (χ1n) is 4.92. The molecule has 2 N–H and O–H groups in total. The van der Waals surface area contributed by atoms with Gasteiger partial charge in [-0.1, -0.05) is 6.07 Å². The highest BCUT2D eigenvalue weighted by molar-refractivity contribution is 5.89. The molecule has 1 fully saturated rings. The molecule has 72 valence electrons. The third-order valence-electron chi connectivity index (χ3n) is 3.16. The molecule has 1 saturated carbocycles. The minimum atomic E-state index is -0.156. The molecule has 2 atom stereocenters. The standard InChI is InChI=1S/C11H12N2O/c1-12-11(14)13-6-2-3-7-8(4-6)10-5-9(7)10/h2-4,9-10H,5H2,1H3,(H2,12,13,14). The Hall–Kier alpha value is -1.51. The summed E-state index contributed by atoms with van der Waals surface area (Å²) in [7, 11) is 1.62. The number of benzene rings is 1. The van der Waals surface area contributed by atoms with Crippen LogP contribution < -0.4 is 10.6 Å². The predicted octanol–water partition coefficient (Wildman–Crippen LogP) is 2.02. The molecule has 2 amide bonds. The summed E-state index contributed by atoms with van der Waals surface area (Å²) in [4.78, 5) is 11.1. The Morgan fingerprint density at radius 2 is 2.14 bits per heavy atom. The summed E-state index contributed by atoms with van der Waals surface area (Å²) in [6.07, 6.45) is 1.32. The topological polar surface area (TPSA) is 41.1 Å². The predicted molar refractivity (Wildman–Crippen MR) is 54.6 cm³/mol. The minimum Gasteiger partial charge on any atom is -0.341 e. The molecular weight excluding hydrogens is 176 g/mol. The summed E-state index contributed by atoms with van der Waals surface area (Å²) in [6.45, 7) is 0. The number of hydrogen-bond acceptors (Lipinski definition) is 1. The maximum absolute atomic E-state index is 11.1. The molecule has 14 heavy (non-hydrogen) atoms. The molecule has 2 aliphatic carbocycles. The van der Waals surface area contributed by atoms with E-state index in [0.717, 1.165) is 17.5 Å². The second kappa shape index (κ2) is 2.50. The summed E-state index contributed by atoms with van der Waals surface area (Å²) in [5, 5.41) is 5.32. The molecule has 3 nitrogen and oxygen atoms in total. The van der Waals surface area contributed by atoms with E-state index in [0.29, 0.717) is 0 Å². The van der Waals surface area contributed by atoms with Crippen LogP contribution in [0.4, 0.5) is 10.5 Å². The van der Waals surface area contributed by atoms with Gasteiger partial charge in [0.1, 0.15) is 0 Å². The van der Waals surface area contributed by atoms with Crippen molar-refractivity contribution in [2.24, 2.45) is 0 Å². The van der Waals surface area contributed by atoms with Crippen LogP contribution in [0.25, 0.3) is 0 Å². The fraction of sp³-hybridized carbons (Fsp3) is 0.364. The van der Waals surface area contributed by atoms with E-state index >= 15 is 0 Å². The average molecular weight is 188 g/mol. The monoisotopic (exact) mass is 188 g/mol. The van der Waals surface area contributed by atoms with Crippen LogP contribution in [0.15, 0.2) is 18.2 Å². The van der Waals surface area contributed by atoms with Gasteiger partial charge in [0, 0.05) is 12.7 Å². The number of fused-ring (bicyclic) bond motifs is 4. The van der Waals surface area contributed by atoms with Gasteiger partial charge in [0.15, 0.2) is 0 Å². The van der Waals surface area contributed by atoms with Crippen LogP contribution in [0.1, 0.15) is 29.4 Å². The summed E-state index contributed by atoms with van der Waals surface area (Å²) in [5.74, 6) is 1.65. The van der Waals surface area contributed by atoms with Gasteiger partial charge < -0.3 is 10.6 Å². The van der Waals surface area contributed by atoms with Crippen molar-refractivity contribution in [1.82, 2.24) is 5.32 Å². The molecular formula is C11H12N2O. The number of anilines is 1. The van der Waals surface area contributed by atoms with Gasteiger partial charge in [-0.05, 0) is 41.5 Å². The lowest BCUT2D eigenvalue weighted by molar-refractivity contribution is 0.254. The highest BCUT2D eigenvalue weighted by atomic mass is 16.2. The molecule has 2 unspecified atom stereocenters. The van der Waals surface area contributed by atoms with Crippen molar-refractivity contribution in [3.8, 4) is 0 Å². The Bertz CT molecular complexity index is 414. The molecule has 0 spiro atoms. The molecule has 2 aliphatic rings. The van der Waals surface area contributed by atoms with E-state index in [1.54, 1.807) is 7.05 Å². The van der Waals surface area contributed by atoms with E-state index in [-0.39, 0.29) is 6.03 Å². The molecule has 0 aliphatic heterocycles. The maximum atomic E-state index is 11.1. The van der Waals surface area contributed by atoms with Crippen LogP contribution in [0, 0.1) is 0 Å². The van der Waals surface area contributed by atoms with Crippen LogP contribution in [0.3, 0.4) is 0 Å². The first-order valence-corrected chi connectivity index (χ1v) is 4.92. The third-order valence-corrected chi connectivity index (χ3v) is 3.16. The normalized spacial score (nSPS) is 25.5. The third kappa shape index (κ3) is 0.953. The van der Waals surface area contributed by atoms with Crippen molar-refractivity contribution in [2.45, 2.75) is 18.3 Å². The van der Waals surface area contributed by atoms with Crippen molar-refractivity contribution in [1.29, 1.82) is 0 Å². The largest absolute Gasteiger partial charge is 0.341 e. The Kier molecular flexibility index (Phi) is 1.40. The molecule has 1 aromatic rings. The van der Waals surface area contributed by atoms with Crippen LogP contribution in [0.5, 0.6) is 0 Å².